The maximum atomic E-state index is 13.3. The lowest BCUT2D eigenvalue weighted by atomic mass is 9.76. The van der Waals surface area contributed by atoms with Crippen molar-refractivity contribution < 1.29 is 9.53 Å². The van der Waals surface area contributed by atoms with Gasteiger partial charge in [-0.15, -0.1) is 0 Å². The van der Waals surface area contributed by atoms with Crippen LogP contribution in [-0.2, 0) is 21.6 Å². The van der Waals surface area contributed by atoms with E-state index in [1.807, 2.05) is 25.2 Å². The number of anilines is 1. The zero-order chi connectivity index (χ0) is 17.2. The minimum Gasteiger partial charge on any atom is -0.360 e. The van der Waals surface area contributed by atoms with Crippen LogP contribution in [0.4, 0.5) is 5.69 Å². The first-order valence-corrected chi connectivity index (χ1v) is 9.22. The standard InChI is InChI=1S/C22H23NO2/c1-14-11-18-16(12-15-7-3-4-8-17(15)18)13-25-22(14)19-9-5-6-10-20(19)23(2)21(22)24/h3-10,14,16,18H,11-13H2,1-2H3/t14-,16-,18+,22+/m0/s1. The van der Waals surface area contributed by atoms with Crippen LogP contribution in [-0.4, -0.2) is 19.6 Å². The minimum atomic E-state index is -0.815. The molecule has 4 atom stereocenters. The first-order valence-electron chi connectivity index (χ1n) is 9.22. The summed E-state index contributed by atoms with van der Waals surface area (Å²) >= 11 is 0. The Labute approximate surface area is 148 Å². The van der Waals surface area contributed by atoms with Crippen LogP contribution < -0.4 is 4.90 Å². The summed E-state index contributed by atoms with van der Waals surface area (Å²) in [5, 5.41) is 0. The molecule has 0 unspecified atom stereocenters. The van der Waals surface area contributed by atoms with E-state index in [1.165, 1.54) is 11.1 Å². The van der Waals surface area contributed by atoms with Gasteiger partial charge >= 0.3 is 0 Å². The second-order valence-corrected chi connectivity index (χ2v) is 7.83. The molecule has 1 amide bonds. The van der Waals surface area contributed by atoms with Gasteiger partial charge in [-0.3, -0.25) is 4.79 Å². The Morgan fingerprint density at radius 2 is 1.88 bits per heavy atom. The third kappa shape index (κ3) is 1.87. The van der Waals surface area contributed by atoms with E-state index < -0.39 is 5.60 Å². The molecular formula is C22H23NO2. The van der Waals surface area contributed by atoms with Crippen molar-refractivity contribution in [2.45, 2.75) is 31.3 Å². The summed E-state index contributed by atoms with van der Waals surface area (Å²) < 4.78 is 6.53. The third-order valence-corrected chi connectivity index (χ3v) is 6.62. The van der Waals surface area contributed by atoms with E-state index in [4.69, 9.17) is 4.74 Å². The molecule has 0 bridgehead atoms. The van der Waals surface area contributed by atoms with Gasteiger partial charge in [-0.05, 0) is 47.8 Å². The van der Waals surface area contributed by atoms with Crippen molar-refractivity contribution in [3.8, 4) is 0 Å². The van der Waals surface area contributed by atoms with Crippen LogP contribution in [0, 0.1) is 11.8 Å². The fourth-order valence-corrected chi connectivity index (χ4v) is 5.35. The number of para-hydroxylation sites is 1. The molecule has 5 rings (SSSR count). The molecule has 0 N–H and O–H groups in total. The Balaban J connectivity index is 1.59. The van der Waals surface area contributed by atoms with Crippen LogP contribution in [0.1, 0.15) is 36.0 Å². The lowest BCUT2D eigenvalue weighted by molar-refractivity contribution is -0.151. The summed E-state index contributed by atoms with van der Waals surface area (Å²) in [6.07, 6.45) is 2.06. The Morgan fingerprint density at radius 1 is 1.12 bits per heavy atom. The van der Waals surface area contributed by atoms with Crippen LogP contribution in [0.3, 0.4) is 0 Å². The molecule has 3 nitrogen and oxygen atoms in total. The highest BCUT2D eigenvalue weighted by molar-refractivity contribution is 6.06. The monoisotopic (exact) mass is 333 g/mol. The van der Waals surface area contributed by atoms with Gasteiger partial charge in [0.2, 0.25) is 0 Å². The lowest BCUT2D eigenvalue weighted by Crippen LogP contribution is -2.45. The van der Waals surface area contributed by atoms with Crippen molar-refractivity contribution in [3.63, 3.8) is 0 Å². The quantitative estimate of drug-likeness (QED) is 0.732. The zero-order valence-corrected chi connectivity index (χ0v) is 14.7. The molecule has 0 radical (unpaired) electrons. The maximum absolute atomic E-state index is 13.3. The van der Waals surface area contributed by atoms with Gasteiger partial charge < -0.3 is 9.64 Å². The van der Waals surface area contributed by atoms with Crippen LogP contribution >= 0.6 is 0 Å². The Kier molecular flexibility index (Phi) is 3.14. The Bertz CT molecular complexity index is 861. The van der Waals surface area contributed by atoms with Crippen molar-refractivity contribution in [2.75, 3.05) is 18.6 Å². The van der Waals surface area contributed by atoms with Crippen LogP contribution in [0.5, 0.6) is 0 Å². The number of benzene rings is 2. The summed E-state index contributed by atoms with van der Waals surface area (Å²) in [7, 11) is 1.87. The average Bonchev–Trinajstić information content (AvgIpc) is 3.03. The van der Waals surface area contributed by atoms with Gasteiger partial charge in [-0.1, -0.05) is 49.4 Å². The largest absolute Gasteiger partial charge is 0.360 e. The van der Waals surface area contributed by atoms with E-state index in [9.17, 15) is 4.79 Å². The molecule has 1 aliphatic carbocycles. The molecule has 0 aromatic heterocycles. The predicted molar refractivity (Wildman–Crippen MR) is 97.6 cm³/mol. The molecule has 1 fully saturated rings. The molecule has 2 aromatic rings. The van der Waals surface area contributed by atoms with E-state index in [1.54, 1.807) is 4.90 Å². The number of rotatable bonds is 0. The molecule has 3 aliphatic rings. The van der Waals surface area contributed by atoms with Gasteiger partial charge in [0.25, 0.3) is 5.91 Å². The van der Waals surface area contributed by atoms with Gasteiger partial charge in [0.05, 0.1) is 12.3 Å². The van der Waals surface area contributed by atoms with Crippen molar-refractivity contribution in [3.05, 3.63) is 65.2 Å². The number of hydrogen-bond acceptors (Lipinski definition) is 2. The van der Waals surface area contributed by atoms with Gasteiger partial charge in [-0.2, -0.15) is 0 Å². The Morgan fingerprint density at radius 3 is 2.76 bits per heavy atom. The number of nitrogens with zero attached hydrogens (tertiary/aromatic N) is 1. The van der Waals surface area contributed by atoms with E-state index in [0.717, 1.165) is 24.1 Å². The highest BCUT2D eigenvalue weighted by Crippen LogP contribution is 2.54. The second kappa shape index (κ2) is 5.18. The number of likely N-dealkylation sites (N-methyl/N-ethyl adjacent to an activating group) is 1. The molecule has 25 heavy (non-hydrogen) atoms. The molecule has 3 heteroatoms. The molecule has 1 spiro atoms. The van der Waals surface area contributed by atoms with Crippen LogP contribution in [0.25, 0.3) is 0 Å². The van der Waals surface area contributed by atoms with E-state index in [0.29, 0.717) is 18.4 Å². The first kappa shape index (κ1) is 15.2. The number of ether oxygens (including phenoxy) is 1. The average molecular weight is 333 g/mol. The number of carbonyl (C=O) groups excluding carboxylic acids is 1. The highest BCUT2D eigenvalue weighted by atomic mass is 16.5. The second-order valence-electron chi connectivity index (χ2n) is 7.83. The number of fused-ring (bicyclic) bond motifs is 5. The van der Waals surface area contributed by atoms with Crippen LogP contribution in [0.2, 0.25) is 0 Å². The molecule has 0 saturated carbocycles. The number of amides is 1. The van der Waals surface area contributed by atoms with Gasteiger partial charge in [0, 0.05) is 12.6 Å². The first-order chi connectivity index (χ1) is 12.1. The molecule has 2 heterocycles. The minimum absolute atomic E-state index is 0.0921. The fraction of sp³-hybridized carbons (Fsp3) is 0.409. The van der Waals surface area contributed by atoms with Crippen molar-refractivity contribution in [1.29, 1.82) is 0 Å². The molecule has 2 aliphatic heterocycles. The SMILES string of the molecule is C[C@H]1C[C@H]2c3ccccc3C[C@H]2CO[C@]12C(=O)N(C)c1ccccc12. The van der Waals surface area contributed by atoms with Gasteiger partial charge in [0.1, 0.15) is 0 Å². The van der Waals surface area contributed by atoms with E-state index >= 15 is 0 Å². The Hall–Kier alpha value is -2.13. The molecule has 2 aromatic carbocycles. The van der Waals surface area contributed by atoms with E-state index in [2.05, 4.69) is 37.3 Å². The topological polar surface area (TPSA) is 29.5 Å². The lowest BCUT2D eigenvalue weighted by Gasteiger charge is -2.33. The summed E-state index contributed by atoms with van der Waals surface area (Å²) in [4.78, 5) is 15.0. The van der Waals surface area contributed by atoms with Crippen molar-refractivity contribution in [2.24, 2.45) is 11.8 Å². The summed E-state index contributed by atoms with van der Waals surface area (Å²) in [6.45, 7) is 2.84. The maximum Gasteiger partial charge on any atom is 0.263 e. The predicted octanol–water partition coefficient (Wildman–Crippen LogP) is 3.87. The smallest absolute Gasteiger partial charge is 0.263 e. The number of carbonyl (C=O) groups is 1. The fourth-order valence-electron chi connectivity index (χ4n) is 5.35. The van der Waals surface area contributed by atoms with Crippen LogP contribution in [0.15, 0.2) is 48.5 Å². The summed E-state index contributed by atoms with van der Waals surface area (Å²) in [6, 6.07) is 16.9. The summed E-state index contributed by atoms with van der Waals surface area (Å²) in [5.74, 6) is 1.21. The normalized spacial score (nSPS) is 33.1. The van der Waals surface area contributed by atoms with E-state index in [-0.39, 0.29) is 11.8 Å². The number of hydrogen-bond donors (Lipinski definition) is 0. The molecule has 128 valence electrons. The van der Waals surface area contributed by atoms with Crippen molar-refractivity contribution in [1.82, 2.24) is 0 Å². The third-order valence-electron chi connectivity index (χ3n) is 6.62. The highest BCUT2D eigenvalue weighted by Gasteiger charge is 2.57. The molecular weight excluding hydrogens is 310 g/mol. The van der Waals surface area contributed by atoms with Crippen molar-refractivity contribution >= 4 is 11.6 Å². The zero-order valence-electron chi connectivity index (χ0n) is 14.7. The molecule has 1 saturated heterocycles. The van der Waals surface area contributed by atoms with Gasteiger partial charge in [0.15, 0.2) is 5.60 Å². The summed E-state index contributed by atoms with van der Waals surface area (Å²) in [5.41, 5.74) is 4.15. The van der Waals surface area contributed by atoms with Gasteiger partial charge in [-0.25, -0.2) is 0 Å².